The highest BCUT2D eigenvalue weighted by molar-refractivity contribution is 5.91. The average Bonchev–Trinajstić information content (AvgIpc) is 2.80. The molecule has 20 heavy (non-hydrogen) atoms. The van der Waals surface area contributed by atoms with E-state index < -0.39 is 5.97 Å². The van der Waals surface area contributed by atoms with Crippen molar-refractivity contribution in [3.63, 3.8) is 0 Å². The van der Waals surface area contributed by atoms with Gasteiger partial charge in [0.1, 0.15) is 11.4 Å². The molecule has 0 spiro atoms. The molecule has 7 heteroatoms. The van der Waals surface area contributed by atoms with Gasteiger partial charge in [-0.15, -0.1) is 0 Å². The van der Waals surface area contributed by atoms with E-state index in [1.54, 1.807) is 19.0 Å². The Morgan fingerprint density at radius 3 is 2.85 bits per heavy atom. The summed E-state index contributed by atoms with van der Waals surface area (Å²) in [4.78, 5) is 24.7. The highest BCUT2D eigenvalue weighted by atomic mass is 16.5. The fourth-order valence-corrected chi connectivity index (χ4v) is 2.14. The van der Waals surface area contributed by atoms with E-state index in [0.29, 0.717) is 17.9 Å². The van der Waals surface area contributed by atoms with Gasteiger partial charge >= 0.3 is 5.97 Å². The third-order valence-electron chi connectivity index (χ3n) is 3.21. The number of carbonyl (C=O) groups excluding carboxylic acids is 2. The van der Waals surface area contributed by atoms with Crippen LogP contribution in [-0.2, 0) is 22.5 Å². The van der Waals surface area contributed by atoms with Crippen molar-refractivity contribution >= 4 is 18.5 Å². The van der Waals surface area contributed by atoms with E-state index in [4.69, 9.17) is 4.74 Å². The number of fused-ring (bicyclic) bond motifs is 1. The quantitative estimate of drug-likeness (QED) is 0.470. The minimum atomic E-state index is -0.474. The third-order valence-corrected chi connectivity index (χ3v) is 3.21. The smallest absolute Gasteiger partial charge is 0.355 e. The molecule has 1 aliphatic rings. The second kappa shape index (κ2) is 5.87. The minimum absolute atomic E-state index is 0.323. The Kier molecular flexibility index (Phi) is 4.19. The zero-order valence-electron chi connectivity index (χ0n) is 11.8. The fraction of sp³-hybridized carbons (Fsp3) is 0.462. The summed E-state index contributed by atoms with van der Waals surface area (Å²) in [6.07, 6.45) is 3.06. The molecule has 2 heterocycles. The number of carbonyl (C=O) groups is 2. The average molecular weight is 278 g/mol. The zero-order valence-corrected chi connectivity index (χ0v) is 11.8. The minimum Gasteiger partial charge on any atom is -0.464 e. The molecular formula is C13H18N4O3. The van der Waals surface area contributed by atoms with Gasteiger partial charge in [0, 0.05) is 39.2 Å². The standard InChI is InChI=1S/C13H18N4O3/c1-16(2)11(13(19)20-3)7-17-12(8-18)9-6-14-5-4-10(9)15-17/h7-8,14H,4-6H2,1-3H3/b11-7-. The van der Waals surface area contributed by atoms with Crippen LogP contribution in [0.4, 0.5) is 0 Å². The molecule has 0 unspecified atom stereocenters. The predicted molar refractivity (Wildman–Crippen MR) is 73.0 cm³/mol. The topological polar surface area (TPSA) is 76.5 Å². The van der Waals surface area contributed by atoms with Gasteiger partial charge in [0.25, 0.3) is 0 Å². The first-order valence-corrected chi connectivity index (χ1v) is 6.32. The van der Waals surface area contributed by atoms with Gasteiger partial charge in [0.15, 0.2) is 6.29 Å². The van der Waals surface area contributed by atoms with Crippen LogP contribution in [0.15, 0.2) is 5.70 Å². The Hall–Kier alpha value is -2.15. The first-order valence-electron chi connectivity index (χ1n) is 6.32. The van der Waals surface area contributed by atoms with Crippen LogP contribution in [0.25, 0.3) is 6.20 Å². The molecule has 2 rings (SSSR count). The first-order chi connectivity index (χ1) is 9.58. The molecule has 0 fully saturated rings. The van der Waals surface area contributed by atoms with Crippen molar-refractivity contribution in [2.24, 2.45) is 0 Å². The largest absolute Gasteiger partial charge is 0.464 e. The summed E-state index contributed by atoms with van der Waals surface area (Å²) in [7, 11) is 4.78. The Morgan fingerprint density at radius 1 is 1.50 bits per heavy atom. The number of likely N-dealkylation sites (N-methyl/N-ethyl adjacent to an activating group) is 1. The summed E-state index contributed by atoms with van der Waals surface area (Å²) < 4.78 is 6.19. The summed E-state index contributed by atoms with van der Waals surface area (Å²) in [6.45, 7) is 1.45. The SMILES string of the molecule is COC(=O)/C(=C/n1nc2c(c1C=O)CNCC2)N(C)C. The van der Waals surface area contributed by atoms with Crippen LogP contribution in [0.1, 0.15) is 21.7 Å². The molecule has 108 valence electrons. The van der Waals surface area contributed by atoms with Crippen molar-refractivity contribution in [2.45, 2.75) is 13.0 Å². The monoisotopic (exact) mass is 278 g/mol. The van der Waals surface area contributed by atoms with Crippen molar-refractivity contribution in [3.8, 4) is 0 Å². The number of esters is 1. The number of ether oxygens (including phenoxy) is 1. The van der Waals surface area contributed by atoms with Crippen molar-refractivity contribution < 1.29 is 14.3 Å². The van der Waals surface area contributed by atoms with E-state index >= 15 is 0 Å². The van der Waals surface area contributed by atoms with Crippen LogP contribution in [0.5, 0.6) is 0 Å². The van der Waals surface area contributed by atoms with Gasteiger partial charge in [-0.05, 0) is 0 Å². The van der Waals surface area contributed by atoms with Crippen LogP contribution < -0.4 is 5.32 Å². The van der Waals surface area contributed by atoms with Crippen LogP contribution in [0.3, 0.4) is 0 Å². The van der Waals surface area contributed by atoms with Gasteiger partial charge in [-0.3, -0.25) is 4.79 Å². The number of hydrogen-bond donors (Lipinski definition) is 1. The van der Waals surface area contributed by atoms with Gasteiger partial charge in [-0.2, -0.15) is 5.10 Å². The van der Waals surface area contributed by atoms with E-state index in [2.05, 4.69) is 10.4 Å². The third kappa shape index (κ3) is 2.57. The number of methoxy groups -OCH3 is 1. The maximum atomic E-state index is 11.7. The van der Waals surface area contributed by atoms with E-state index in [-0.39, 0.29) is 0 Å². The van der Waals surface area contributed by atoms with Gasteiger partial charge in [-0.25, -0.2) is 9.48 Å². The molecule has 0 atom stereocenters. The maximum Gasteiger partial charge on any atom is 0.355 e. The second-order valence-electron chi connectivity index (χ2n) is 4.70. The van der Waals surface area contributed by atoms with E-state index in [1.807, 2.05) is 0 Å². The zero-order chi connectivity index (χ0) is 14.7. The lowest BCUT2D eigenvalue weighted by atomic mass is 10.1. The fourth-order valence-electron chi connectivity index (χ4n) is 2.14. The lowest BCUT2D eigenvalue weighted by molar-refractivity contribution is -0.137. The molecule has 0 aliphatic carbocycles. The summed E-state index contributed by atoms with van der Waals surface area (Å²) >= 11 is 0. The molecule has 0 aromatic carbocycles. The number of aromatic nitrogens is 2. The van der Waals surface area contributed by atoms with E-state index in [9.17, 15) is 9.59 Å². The molecule has 0 amide bonds. The number of aldehydes is 1. The highest BCUT2D eigenvalue weighted by Crippen LogP contribution is 2.18. The molecule has 0 bridgehead atoms. The summed E-state index contributed by atoms with van der Waals surface area (Å²) in [5.74, 6) is -0.474. The molecular weight excluding hydrogens is 260 g/mol. The van der Waals surface area contributed by atoms with E-state index in [0.717, 1.165) is 30.5 Å². The normalized spacial score (nSPS) is 14.7. The lowest BCUT2D eigenvalue weighted by Gasteiger charge is -2.14. The number of hydrogen-bond acceptors (Lipinski definition) is 6. The van der Waals surface area contributed by atoms with Crippen molar-refractivity contribution in [2.75, 3.05) is 27.7 Å². The first kappa shape index (κ1) is 14.3. The van der Waals surface area contributed by atoms with Gasteiger partial charge < -0.3 is 15.0 Å². The number of rotatable bonds is 4. The molecule has 1 aromatic heterocycles. The van der Waals surface area contributed by atoms with Crippen LogP contribution in [0.2, 0.25) is 0 Å². The van der Waals surface area contributed by atoms with Gasteiger partial charge in [0.05, 0.1) is 19.0 Å². The Labute approximate surface area is 117 Å². The molecule has 0 radical (unpaired) electrons. The van der Waals surface area contributed by atoms with Crippen molar-refractivity contribution in [1.29, 1.82) is 0 Å². The number of nitrogens with one attached hydrogen (secondary N) is 1. The predicted octanol–water partition coefficient (Wildman–Crippen LogP) is -0.126. The second-order valence-corrected chi connectivity index (χ2v) is 4.70. The lowest BCUT2D eigenvalue weighted by Crippen LogP contribution is -2.23. The van der Waals surface area contributed by atoms with Crippen LogP contribution >= 0.6 is 0 Å². The van der Waals surface area contributed by atoms with Gasteiger partial charge in [0.2, 0.25) is 0 Å². The van der Waals surface area contributed by atoms with Crippen molar-refractivity contribution in [1.82, 2.24) is 20.0 Å². The van der Waals surface area contributed by atoms with E-state index in [1.165, 1.54) is 18.0 Å². The molecule has 1 aromatic rings. The number of nitrogens with zero attached hydrogens (tertiary/aromatic N) is 3. The van der Waals surface area contributed by atoms with Crippen molar-refractivity contribution in [3.05, 3.63) is 22.6 Å². The summed E-state index contributed by atoms with van der Waals surface area (Å²) in [5, 5.41) is 7.60. The Morgan fingerprint density at radius 2 is 2.25 bits per heavy atom. The molecule has 7 nitrogen and oxygen atoms in total. The molecule has 1 N–H and O–H groups in total. The van der Waals surface area contributed by atoms with Crippen LogP contribution in [-0.4, -0.2) is 54.7 Å². The summed E-state index contributed by atoms with van der Waals surface area (Å²) in [5.41, 5.74) is 2.58. The molecule has 1 aliphatic heterocycles. The van der Waals surface area contributed by atoms with Crippen LogP contribution in [0, 0.1) is 0 Å². The summed E-state index contributed by atoms with van der Waals surface area (Å²) in [6, 6.07) is 0. The Balaban J connectivity index is 2.48. The maximum absolute atomic E-state index is 11.7. The highest BCUT2D eigenvalue weighted by Gasteiger charge is 2.21. The van der Waals surface area contributed by atoms with Gasteiger partial charge in [-0.1, -0.05) is 0 Å². The molecule has 0 saturated heterocycles. The Bertz CT molecular complexity index is 560. The molecule has 0 saturated carbocycles.